The largest absolute Gasteiger partial charge is 0.303 e. The van der Waals surface area contributed by atoms with E-state index in [1.54, 1.807) is 0 Å². The summed E-state index contributed by atoms with van der Waals surface area (Å²) in [4.78, 5) is 2.63. The van der Waals surface area contributed by atoms with Gasteiger partial charge in [0.15, 0.2) is 0 Å². The molecule has 0 bridgehead atoms. The van der Waals surface area contributed by atoms with Crippen molar-refractivity contribution in [2.45, 2.75) is 60.3 Å². The Morgan fingerprint density at radius 3 is 1.73 bits per heavy atom. The standard InChI is InChI=1S/C14H31N/c1-6-9-14(10-7-2)12-15(8-3)11-13(4)5/h13-14H,6-12H2,1-5H3. The lowest BCUT2D eigenvalue weighted by Crippen LogP contribution is -2.32. The van der Waals surface area contributed by atoms with Crippen molar-refractivity contribution in [1.29, 1.82) is 0 Å². The van der Waals surface area contributed by atoms with Gasteiger partial charge in [0.05, 0.1) is 0 Å². The molecule has 92 valence electrons. The van der Waals surface area contributed by atoms with Crippen LogP contribution >= 0.6 is 0 Å². The summed E-state index contributed by atoms with van der Waals surface area (Å²) in [5.74, 6) is 1.73. The van der Waals surface area contributed by atoms with Crippen molar-refractivity contribution < 1.29 is 0 Å². The third-order valence-corrected chi connectivity index (χ3v) is 2.98. The summed E-state index contributed by atoms with van der Waals surface area (Å²) in [6, 6.07) is 0. The van der Waals surface area contributed by atoms with Crippen molar-refractivity contribution >= 4 is 0 Å². The predicted molar refractivity (Wildman–Crippen MR) is 70.3 cm³/mol. The molecule has 0 aromatic carbocycles. The Morgan fingerprint density at radius 1 is 0.867 bits per heavy atom. The second-order valence-corrected chi connectivity index (χ2v) is 5.19. The molecule has 0 heterocycles. The van der Waals surface area contributed by atoms with Crippen molar-refractivity contribution in [3.8, 4) is 0 Å². The van der Waals surface area contributed by atoms with Crippen LogP contribution < -0.4 is 0 Å². The molecule has 0 N–H and O–H groups in total. The van der Waals surface area contributed by atoms with E-state index in [0.29, 0.717) is 0 Å². The van der Waals surface area contributed by atoms with E-state index < -0.39 is 0 Å². The van der Waals surface area contributed by atoms with Crippen LogP contribution in [0.2, 0.25) is 0 Å². The Labute approximate surface area is 97.2 Å². The van der Waals surface area contributed by atoms with Gasteiger partial charge in [0.2, 0.25) is 0 Å². The van der Waals surface area contributed by atoms with E-state index in [2.05, 4.69) is 39.5 Å². The Balaban J connectivity index is 3.96. The smallest absolute Gasteiger partial charge is 0.000965 e. The van der Waals surface area contributed by atoms with E-state index in [4.69, 9.17) is 0 Å². The van der Waals surface area contributed by atoms with Crippen LogP contribution in [0.25, 0.3) is 0 Å². The Bertz CT molecular complexity index is 125. The molecule has 0 rings (SSSR count). The van der Waals surface area contributed by atoms with Gasteiger partial charge in [0.1, 0.15) is 0 Å². The molecule has 0 atom stereocenters. The summed E-state index contributed by atoms with van der Waals surface area (Å²) in [6.45, 7) is 15.3. The maximum atomic E-state index is 2.63. The highest BCUT2D eigenvalue weighted by Gasteiger charge is 2.12. The highest BCUT2D eigenvalue weighted by molar-refractivity contribution is 4.66. The third kappa shape index (κ3) is 7.84. The molecule has 0 aliphatic rings. The van der Waals surface area contributed by atoms with Crippen LogP contribution in [-0.2, 0) is 0 Å². The van der Waals surface area contributed by atoms with E-state index in [-0.39, 0.29) is 0 Å². The topological polar surface area (TPSA) is 3.24 Å². The van der Waals surface area contributed by atoms with Gasteiger partial charge in [0.25, 0.3) is 0 Å². The lowest BCUT2D eigenvalue weighted by molar-refractivity contribution is 0.205. The molecular formula is C14H31N. The van der Waals surface area contributed by atoms with Crippen molar-refractivity contribution in [3.63, 3.8) is 0 Å². The van der Waals surface area contributed by atoms with E-state index >= 15 is 0 Å². The van der Waals surface area contributed by atoms with Gasteiger partial charge in [-0.25, -0.2) is 0 Å². The normalized spacial score (nSPS) is 12.0. The first-order chi connectivity index (χ1) is 7.13. The van der Waals surface area contributed by atoms with E-state index in [1.807, 2.05) is 0 Å². The molecule has 0 spiro atoms. The van der Waals surface area contributed by atoms with Gasteiger partial charge in [-0.1, -0.05) is 47.5 Å². The average Bonchev–Trinajstić information content (AvgIpc) is 2.16. The Hall–Kier alpha value is -0.0400. The molecule has 1 heteroatoms. The molecule has 1 nitrogen and oxygen atoms in total. The lowest BCUT2D eigenvalue weighted by atomic mass is 9.97. The van der Waals surface area contributed by atoms with Gasteiger partial charge in [-0.2, -0.15) is 0 Å². The van der Waals surface area contributed by atoms with Crippen LogP contribution in [0.1, 0.15) is 60.3 Å². The van der Waals surface area contributed by atoms with E-state index in [0.717, 1.165) is 11.8 Å². The third-order valence-electron chi connectivity index (χ3n) is 2.98. The molecule has 0 fully saturated rings. The van der Waals surface area contributed by atoms with E-state index in [1.165, 1.54) is 45.3 Å². The van der Waals surface area contributed by atoms with Crippen molar-refractivity contribution in [2.75, 3.05) is 19.6 Å². The minimum Gasteiger partial charge on any atom is -0.303 e. The fourth-order valence-corrected chi connectivity index (χ4v) is 2.36. The van der Waals surface area contributed by atoms with Crippen LogP contribution in [0, 0.1) is 11.8 Å². The maximum Gasteiger partial charge on any atom is 0.000965 e. The van der Waals surface area contributed by atoms with Crippen molar-refractivity contribution in [3.05, 3.63) is 0 Å². The van der Waals surface area contributed by atoms with Gasteiger partial charge in [0, 0.05) is 13.1 Å². The van der Waals surface area contributed by atoms with Gasteiger partial charge in [-0.15, -0.1) is 0 Å². The predicted octanol–water partition coefficient (Wildman–Crippen LogP) is 4.18. The fraction of sp³-hybridized carbons (Fsp3) is 1.00. The van der Waals surface area contributed by atoms with Gasteiger partial charge >= 0.3 is 0 Å². The van der Waals surface area contributed by atoms with Gasteiger partial charge in [-0.05, 0) is 31.2 Å². The van der Waals surface area contributed by atoms with E-state index in [9.17, 15) is 0 Å². The molecule has 0 unspecified atom stereocenters. The maximum absolute atomic E-state index is 2.63. The first-order valence-electron chi connectivity index (χ1n) is 6.86. The quantitative estimate of drug-likeness (QED) is 0.555. The molecule has 0 aliphatic carbocycles. The van der Waals surface area contributed by atoms with Crippen LogP contribution in [0.3, 0.4) is 0 Å². The minimum absolute atomic E-state index is 0.800. The average molecular weight is 213 g/mol. The second kappa shape index (κ2) is 9.21. The summed E-state index contributed by atoms with van der Waals surface area (Å²) >= 11 is 0. The Kier molecular flexibility index (Phi) is 9.18. The zero-order chi connectivity index (χ0) is 11.7. The molecule has 0 saturated heterocycles. The molecule has 0 aromatic heterocycles. The molecule has 15 heavy (non-hydrogen) atoms. The molecular weight excluding hydrogens is 182 g/mol. The van der Waals surface area contributed by atoms with Gasteiger partial charge < -0.3 is 4.90 Å². The van der Waals surface area contributed by atoms with Crippen LogP contribution in [0.5, 0.6) is 0 Å². The highest BCUT2D eigenvalue weighted by atomic mass is 15.1. The SMILES string of the molecule is CCCC(CCC)CN(CC)CC(C)C. The molecule has 0 aliphatic heterocycles. The fourth-order valence-electron chi connectivity index (χ4n) is 2.36. The molecule has 0 radical (unpaired) electrons. The molecule has 0 aromatic rings. The first-order valence-corrected chi connectivity index (χ1v) is 6.86. The first kappa shape index (κ1) is 15.0. The summed E-state index contributed by atoms with van der Waals surface area (Å²) in [5, 5.41) is 0. The zero-order valence-corrected chi connectivity index (χ0v) is 11.6. The Morgan fingerprint density at radius 2 is 1.40 bits per heavy atom. The number of hydrogen-bond acceptors (Lipinski definition) is 1. The van der Waals surface area contributed by atoms with Gasteiger partial charge in [-0.3, -0.25) is 0 Å². The molecule has 0 amide bonds. The van der Waals surface area contributed by atoms with Crippen LogP contribution in [0.4, 0.5) is 0 Å². The van der Waals surface area contributed by atoms with Crippen molar-refractivity contribution in [1.82, 2.24) is 4.90 Å². The minimum atomic E-state index is 0.800. The highest BCUT2D eigenvalue weighted by Crippen LogP contribution is 2.15. The summed E-state index contributed by atoms with van der Waals surface area (Å²) in [5.41, 5.74) is 0. The monoisotopic (exact) mass is 213 g/mol. The zero-order valence-electron chi connectivity index (χ0n) is 11.6. The van der Waals surface area contributed by atoms with Crippen LogP contribution in [-0.4, -0.2) is 24.5 Å². The number of hydrogen-bond donors (Lipinski definition) is 0. The number of rotatable bonds is 9. The number of nitrogens with zero attached hydrogens (tertiary/aromatic N) is 1. The van der Waals surface area contributed by atoms with Crippen molar-refractivity contribution in [2.24, 2.45) is 11.8 Å². The summed E-state index contributed by atoms with van der Waals surface area (Å²) < 4.78 is 0. The van der Waals surface area contributed by atoms with Crippen LogP contribution in [0.15, 0.2) is 0 Å². The molecule has 0 saturated carbocycles. The summed E-state index contributed by atoms with van der Waals surface area (Å²) in [7, 11) is 0. The second-order valence-electron chi connectivity index (χ2n) is 5.19. The summed E-state index contributed by atoms with van der Waals surface area (Å²) in [6.07, 6.45) is 5.48. The lowest BCUT2D eigenvalue weighted by Gasteiger charge is -2.27.